The molecule has 6 rings (SSSR count). The van der Waals surface area contributed by atoms with Crippen molar-refractivity contribution in [1.29, 1.82) is 0 Å². The summed E-state index contributed by atoms with van der Waals surface area (Å²) in [6.45, 7) is 12.2. The van der Waals surface area contributed by atoms with Gasteiger partial charge >= 0.3 is 0 Å². The predicted octanol–water partition coefficient (Wildman–Crippen LogP) is 4.47. The molecule has 0 saturated carbocycles. The van der Waals surface area contributed by atoms with Crippen molar-refractivity contribution in [3.63, 3.8) is 0 Å². The molecule has 282 valence electrons. The van der Waals surface area contributed by atoms with Gasteiger partial charge in [-0.15, -0.1) is 0 Å². The molecule has 0 bridgehead atoms. The van der Waals surface area contributed by atoms with Crippen LogP contribution in [0.3, 0.4) is 0 Å². The zero-order valence-electron chi connectivity index (χ0n) is 32.4. The largest absolute Gasteiger partial charge is 0.506 e. The van der Waals surface area contributed by atoms with Gasteiger partial charge in [0.05, 0.1) is 20.2 Å². The lowest BCUT2D eigenvalue weighted by Gasteiger charge is -2.25. The fourth-order valence-electron chi connectivity index (χ4n) is 6.46. The van der Waals surface area contributed by atoms with Gasteiger partial charge in [0.15, 0.2) is 11.6 Å². The van der Waals surface area contributed by atoms with Gasteiger partial charge in [0, 0.05) is 60.1 Å². The van der Waals surface area contributed by atoms with Gasteiger partial charge in [-0.2, -0.15) is 0 Å². The molecule has 4 aromatic heterocycles. The summed E-state index contributed by atoms with van der Waals surface area (Å²) in [7, 11) is 5.35. The normalized spacial score (nSPS) is 13.3. The molecule has 0 radical (unpaired) electrons. The number of likely N-dealkylation sites (N-methyl/N-ethyl adjacent to an activating group) is 2. The molecule has 0 spiro atoms. The number of methoxy groups -OCH3 is 1. The second-order valence-electron chi connectivity index (χ2n) is 15.5. The van der Waals surface area contributed by atoms with Gasteiger partial charge in [0.2, 0.25) is 11.8 Å². The first-order valence-electron chi connectivity index (χ1n) is 18.0. The molecule has 4 aromatic rings. The summed E-state index contributed by atoms with van der Waals surface area (Å²) in [4.78, 5) is 55.8. The molecule has 0 aromatic carbocycles. The Morgan fingerprint density at radius 2 is 1.17 bits per heavy atom. The Morgan fingerprint density at radius 1 is 0.717 bits per heavy atom. The summed E-state index contributed by atoms with van der Waals surface area (Å²) < 4.78 is 5.42. The fraction of sp³-hybridized carbons (Fsp3) is 0.487. The highest BCUT2D eigenvalue weighted by molar-refractivity contribution is 5.82. The number of carbonyl (C=O) groups is 2. The number of nitrogens with zero attached hydrogens (tertiary/aromatic N) is 8. The van der Waals surface area contributed by atoms with E-state index in [1.54, 1.807) is 31.6 Å². The smallest absolute Gasteiger partial charge is 0.239 e. The van der Waals surface area contributed by atoms with E-state index in [2.05, 4.69) is 30.6 Å². The standard InChI is InChI=1S/C20H27N5O2.C19H25N5O2/c1-20(2,3)24-16(26)12-25(4)19-13-8-6-9-14(13)22-18(23-19)17-15(27-5)10-7-11-21-17;1-19(2,3)23-15(26)11-24(4)18-12-7-5-8-13(12)21-17(22-18)16-14(25)9-6-10-20-16/h7,10-11H,6,8-9,12H2,1-5H3,(H,24,26);6,9-10,25H,5,7-8,11H2,1-4H3,(H,23,26). The maximum Gasteiger partial charge on any atom is 0.239 e. The maximum absolute atomic E-state index is 12.4. The van der Waals surface area contributed by atoms with Crippen LogP contribution in [0, 0.1) is 0 Å². The Morgan fingerprint density at radius 3 is 1.62 bits per heavy atom. The number of ether oxygens (including phenoxy) is 1. The van der Waals surface area contributed by atoms with E-state index in [1.807, 2.05) is 77.6 Å². The van der Waals surface area contributed by atoms with Crippen LogP contribution in [0.25, 0.3) is 23.0 Å². The second-order valence-corrected chi connectivity index (χ2v) is 15.5. The van der Waals surface area contributed by atoms with E-state index in [0.29, 0.717) is 28.8 Å². The summed E-state index contributed by atoms with van der Waals surface area (Å²) in [5.41, 5.74) is 4.63. The molecular weight excluding hydrogens is 672 g/mol. The van der Waals surface area contributed by atoms with Crippen molar-refractivity contribution >= 4 is 23.5 Å². The summed E-state index contributed by atoms with van der Waals surface area (Å²) >= 11 is 0. The van der Waals surface area contributed by atoms with Crippen molar-refractivity contribution in [2.24, 2.45) is 0 Å². The van der Waals surface area contributed by atoms with Crippen LogP contribution in [0.4, 0.5) is 11.6 Å². The number of hydrogen-bond donors (Lipinski definition) is 3. The number of aromatic hydroxyl groups is 1. The average Bonchev–Trinajstić information content (AvgIpc) is 3.76. The minimum absolute atomic E-state index is 0.0349. The number of carbonyl (C=O) groups excluding carboxylic acids is 2. The molecule has 0 atom stereocenters. The third kappa shape index (κ3) is 9.93. The number of rotatable bonds is 9. The minimum Gasteiger partial charge on any atom is -0.506 e. The minimum atomic E-state index is -0.281. The van der Waals surface area contributed by atoms with Crippen molar-refractivity contribution in [3.8, 4) is 34.5 Å². The van der Waals surface area contributed by atoms with Crippen LogP contribution in [0.5, 0.6) is 11.5 Å². The number of aryl methyl sites for hydroxylation is 2. The van der Waals surface area contributed by atoms with Crippen molar-refractivity contribution in [2.45, 2.75) is 91.1 Å². The van der Waals surface area contributed by atoms with E-state index in [0.717, 1.165) is 72.7 Å². The average molecular weight is 725 g/mol. The lowest BCUT2D eigenvalue weighted by atomic mass is 10.1. The Balaban J connectivity index is 0.000000204. The fourth-order valence-corrected chi connectivity index (χ4v) is 6.46. The first kappa shape index (κ1) is 38.8. The van der Waals surface area contributed by atoms with Gasteiger partial charge in [-0.05, 0) is 104 Å². The van der Waals surface area contributed by atoms with Crippen LogP contribution < -0.4 is 25.2 Å². The van der Waals surface area contributed by atoms with Gasteiger partial charge < -0.3 is 30.3 Å². The molecule has 2 aliphatic rings. The molecule has 2 aliphatic carbocycles. The van der Waals surface area contributed by atoms with Gasteiger partial charge in [-0.1, -0.05) is 0 Å². The number of anilines is 2. The Kier molecular flexibility index (Phi) is 11.8. The molecule has 3 N–H and O–H groups in total. The van der Waals surface area contributed by atoms with Crippen molar-refractivity contribution in [2.75, 3.05) is 44.1 Å². The number of pyridine rings is 2. The number of nitrogens with one attached hydrogen (secondary N) is 2. The van der Waals surface area contributed by atoms with E-state index >= 15 is 0 Å². The SMILES string of the molecule is CN(CC(=O)NC(C)(C)C)c1nc(-c2ncccc2O)nc2c1CCC2.COc1cccnc1-c1nc2c(c(N(C)CC(=O)NC(C)(C)C)n1)CCC2. The summed E-state index contributed by atoms with van der Waals surface area (Å²) in [5.74, 6) is 3.04. The third-order valence-electron chi connectivity index (χ3n) is 8.54. The van der Waals surface area contributed by atoms with Crippen LogP contribution in [-0.2, 0) is 35.3 Å². The van der Waals surface area contributed by atoms with E-state index in [4.69, 9.17) is 14.7 Å². The molecule has 53 heavy (non-hydrogen) atoms. The molecule has 2 amide bonds. The van der Waals surface area contributed by atoms with Crippen LogP contribution in [-0.4, -0.2) is 92.2 Å². The zero-order chi connectivity index (χ0) is 38.5. The highest BCUT2D eigenvalue weighted by Crippen LogP contribution is 2.34. The molecule has 0 unspecified atom stereocenters. The first-order chi connectivity index (χ1) is 25.0. The first-order valence-corrected chi connectivity index (χ1v) is 18.0. The lowest BCUT2D eigenvalue weighted by molar-refractivity contribution is -0.122. The molecule has 0 saturated heterocycles. The molecule has 4 heterocycles. The highest BCUT2D eigenvalue weighted by Gasteiger charge is 2.27. The summed E-state index contributed by atoms with van der Waals surface area (Å²) in [5, 5.41) is 16.1. The van der Waals surface area contributed by atoms with Crippen LogP contribution in [0.2, 0.25) is 0 Å². The highest BCUT2D eigenvalue weighted by atomic mass is 16.5. The molecule has 0 fully saturated rings. The van der Waals surface area contributed by atoms with E-state index in [9.17, 15) is 14.7 Å². The molecule has 14 nitrogen and oxygen atoms in total. The van der Waals surface area contributed by atoms with E-state index < -0.39 is 0 Å². The Bertz CT molecular complexity index is 1950. The topological polar surface area (TPSA) is 171 Å². The van der Waals surface area contributed by atoms with Crippen LogP contribution in [0.1, 0.15) is 76.9 Å². The number of amides is 2. The Hall–Kier alpha value is -5.40. The van der Waals surface area contributed by atoms with Crippen LogP contribution in [0.15, 0.2) is 36.7 Å². The molecule has 0 aliphatic heterocycles. The van der Waals surface area contributed by atoms with Gasteiger partial charge in [-0.25, -0.2) is 29.9 Å². The monoisotopic (exact) mass is 724 g/mol. The van der Waals surface area contributed by atoms with Crippen LogP contribution >= 0.6 is 0 Å². The molecule has 14 heteroatoms. The number of hydrogen-bond acceptors (Lipinski definition) is 12. The van der Waals surface area contributed by atoms with Crippen molar-refractivity contribution in [3.05, 3.63) is 59.2 Å². The second kappa shape index (κ2) is 16.1. The third-order valence-corrected chi connectivity index (χ3v) is 8.54. The Labute approximate surface area is 311 Å². The van der Waals surface area contributed by atoms with E-state index in [1.165, 1.54) is 0 Å². The van der Waals surface area contributed by atoms with Gasteiger partial charge in [0.1, 0.15) is 34.5 Å². The molecular formula is C39H52N10O4. The predicted molar refractivity (Wildman–Crippen MR) is 205 cm³/mol. The summed E-state index contributed by atoms with van der Waals surface area (Å²) in [6.07, 6.45) is 8.96. The summed E-state index contributed by atoms with van der Waals surface area (Å²) in [6, 6.07) is 6.90. The quantitative estimate of drug-likeness (QED) is 0.222. The lowest BCUT2D eigenvalue weighted by Crippen LogP contribution is -2.45. The van der Waals surface area contributed by atoms with Crippen molar-refractivity contribution in [1.82, 2.24) is 40.5 Å². The van der Waals surface area contributed by atoms with Gasteiger partial charge in [-0.3, -0.25) is 9.59 Å². The van der Waals surface area contributed by atoms with Crippen molar-refractivity contribution < 1.29 is 19.4 Å². The number of aromatic nitrogens is 6. The van der Waals surface area contributed by atoms with E-state index in [-0.39, 0.29) is 41.7 Å². The zero-order valence-corrected chi connectivity index (χ0v) is 32.4. The number of fused-ring (bicyclic) bond motifs is 2. The van der Waals surface area contributed by atoms with Gasteiger partial charge in [0.25, 0.3) is 0 Å². The maximum atomic E-state index is 12.4.